The van der Waals surface area contributed by atoms with E-state index in [9.17, 15) is 20.0 Å². The fraction of sp³-hybridized carbons (Fsp3) is 0.302. The fourth-order valence-electron chi connectivity index (χ4n) is 7.89. The topological polar surface area (TPSA) is 139 Å². The van der Waals surface area contributed by atoms with Crippen LogP contribution in [0.2, 0.25) is 0 Å². The Morgan fingerprint density at radius 1 is 0.982 bits per heavy atom. The van der Waals surface area contributed by atoms with Crippen molar-refractivity contribution < 1.29 is 29.1 Å². The van der Waals surface area contributed by atoms with Gasteiger partial charge in [0.2, 0.25) is 0 Å². The smallest absolute Gasteiger partial charge is 0.270 e. The standard InChI is InChI=1S/C43H45N5O7/c1-27-31(10-7-11-38(27)54-4)24-44-42(50)39-28(2)45(3)41(40(39)29-12-15-35(49)16-13-29)37-23-33(48(52)53)14-17-36(37)43(51)47-25-32-9-6-5-8-30(32)22-34(47)26-46-18-20-55-21-19-46/h5-17,23,34,49H,18-22,24-26H2,1-4H3,(H,44,50)/t34-/m0/s1. The van der Waals surface area contributed by atoms with Crippen molar-refractivity contribution in [2.45, 2.75) is 39.4 Å². The van der Waals surface area contributed by atoms with Crippen LogP contribution in [0.15, 0.2) is 84.9 Å². The van der Waals surface area contributed by atoms with Gasteiger partial charge < -0.3 is 29.4 Å². The number of aromatic nitrogens is 1. The lowest BCUT2D eigenvalue weighted by atomic mass is 9.90. The van der Waals surface area contributed by atoms with Crippen LogP contribution in [0, 0.1) is 24.0 Å². The van der Waals surface area contributed by atoms with Gasteiger partial charge in [-0.25, -0.2) is 0 Å². The Balaban J connectivity index is 1.36. The van der Waals surface area contributed by atoms with Gasteiger partial charge in [-0.1, -0.05) is 48.5 Å². The highest BCUT2D eigenvalue weighted by Gasteiger charge is 2.35. The summed E-state index contributed by atoms with van der Waals surface area (Å²) in [5.41, 5.74) is 6.99. The minimum absolute atomic E-state index is 0.0420. The van der Waals surface area contributed by atoms with Crippen LogP contribution in [0.3, 0.4) is 0 Å². The van der Waals surface area contributed by atoms with Crippen molar-refractivity contribution in [3.8, 4) is 33.9 Å². The van der Waals surface area contributed by atoms with Crippen LogP contribution in [-0.2, 0) is 31.3 Å². The lowest BCUT2D eigenvalue weighted by molar-refractivity contribution is -0.384. The second kappa shape index (κ2) is 15.8. The second-order valence-corrected chi connectivity index (χ2v) is 14.2. The molecule has 3 heterocycles. The van der Waals surface area contributed by atoms with Crippen molar-refractivity contribution in [3.63, 3.8) is 0 Å². The number of rotatable bonds is 10. The van der Waals surface area contributed by atoms with E-state index < -0.39 is 4.92 Å². The summed E-state index contributed by atoms with van der Waals surface area (Å²) >= 11 is 0. The number of nitro benzene ring substituents is 1. The number of hydrogen-bond acceptors (Lipinski definition) is 8. The number of nitrogens with zero attached hydrogens (tertiary/aromatic N) is 4. The molecule has 1 aromatic heterocycles. The average Bonchev–Trinajstić information content (AvgIpc) is 3.46. The van der Waals surface area contributed by atoms with Gasteiger partial charge >= 0.3 is 0 Å². The number of carbonyl (C=O) groups is 2. The third-order valence-electron chi connectivity index (χ3n) is 11.0. The molecule has 2 aliphatic heterocycles. The molecule has 5 aromatic rings. The number of hydrogen-bond donors (Lipinski definition) is 2. The Labute approximate surface area is 320 Å². The molecule has 55 heavy (non-hydrogen) atoms. The van der Waals surface area contributed by atoms with Gasteiger partial charge in [-0.15, -0.1) is 0 Å². The first-order valence-electron chi connectivity index (χ1n) is 18.4. The molecule has 1 saturated heterocycles. The van der Waals surface area contributed by atoms with E-state index in [2.05, 4.69) is 16.3 Å². The Morgan fingerprint density at radius 2 is 1.71 bits per heavy atom. The summed E-state index contributed by atoms with van der Waals surface area (Å²) in [6.07, 6.45) is 0.667. The SMILES string of the molecule is COc1cccc(CNC(=O)c2c(-c3ccc(O)cc3)c(-c3cc([N+](=O)[O-])ccc3C(=O)N3Cc4ccccc4C[C@H]3CN3CCOCC3)n(C)c2C)c1C. The number of amides is 2. The third kappa shape index (κ3) is 7.43. The first-order chi connectivity index (χ1) is 26.5. The zero-order valence-electron chi connectivity index (χ0n) is 31.5. The summed E-state index contributed by atoms with van der Waals surface area (Å²) < 4.78 is 12.9. The highest BCUT2D eigenvalue weighted by Crippen LogP contribution is 2.42. The van der Waals surface area contributed by atoms with E-state index in [0.717, 1.165) is 29.8 Å². The number of ether oxygens (including phenoxy) is 2. The minimum atomic E-state index is -0.476. The molecule has 4 aromatic carbocycles. The van der Waals surface area contributed by atoms with Crippen molar-refractivity contribution in [1.29, 1.82) is 0 Å². The lowest BCUT2D eigenvalue weighted by Gasteiger charge is -2.40. The van der Waals surface area contributed by atoms with Crippen molar-refractivity contribution in [2.75, 3.05) is 40.0 Å². The van der Waals surface area contributed by atoms with E-state index in [0.29, 0.717) is 72.1 Å². The molecule has 0 bridgehead atoms. The van der Waals surface area contributed by atoms with Crippen LogP contribution >= 0.6 is 0 Å². The van der Waals surface area contributed by atoms with E-state index in [1.807, 2.05) is 59.7 Å². The van der Waals surface area contributed by atoms with E-state index in [1.165, 1.54) is 35.9 Å². The number of nitro groups is 1. The van der Waals surface area contributed by atoms with Crippen LogP contribution in [-0.4, -0.2) is 82.2 Å². The van der Waals surface area contributed by atoms with Gasteiger partial charge in [-0.2, -0.15) is 0 Å². The quantitative estimate of drug-likeness (QED) is 0.123. The normalized spacial score (nSPS) is 15.7. The second-order valence-electron chi connectivity index (χ2n) is 14.2. The highest BCUT2D eigenvalue weighted by molar-refractivity contribution is 6.09. The van der Waals surface area contributed by atoms with Gasteiger partial charge in [0, 0.05) is 80.3 Å². The molecule has 0 unspecified atom stereocenters. The molecular formula is C43H45N5O7. The van der Waals surface area contributed by atoms with Crippen LogP contribution in [0.25, 0.3) is 22.4 Å². The molecule has 0 spiro atoms. The number of methoxy groups -OCH3 is 1. The van der Waals surface area contributed by atoms with Gasteiger partial charge in [0.05, 0.1) is 36.5 Å². The Hall–Kier alpha value is -5.98. The number of non-ortho nitro benzene ring substituents is 1. The number of benzene rings is 4. The summed E-state index contributed by atoms with van der Waals surface area (Å²) in [5.74, 6) is 0.135. The molecule has 0 aliphatic carbocycles. The maximum absolute atomic E-state index is 15.1. The van der Waals surface area contributed by atoms with Gasteiger partial charge in [0.25, 0.3) is 17.5 Å². The van der Waals surface area contributed by atoms with E-state index in [-0.39, 0.29) is 41.4 Å². The molecule has 7 rings (SSSR count). The Morgan fingerprint density at radius 3 is 2.42 bits per heavy atom. The van der Waals surface area contributed by atoms with Gasteiger partial charge in [-0.3, -0.25) is 24.6 Å². The molecule has 1 atom stereocenters. The van der Waals surface area contributed by atoms with Gasteiger partial charge in [-0.05, 0) is 72.4 Å². The van der Waals surface area contributed by atoms with E-state index >= 15 is 4.79 Å². The maximum atomic E-state index is 15.1. The molecule has 2 amide bonds. The molecule has 0 saturated carbocycles. The van der Waals surface area contributed by atoms with Crippen molar-refractivity contribution >= 4 is 17.5 Å². The summed E-state index contributed by atoms with van der Waals surface area (Å²) in [6.45, 7) is 7.81. The van der Waals surface area contributed by atoms with Crippen molar-refractivity contribution in [2.24, 2.45) is 7.05 Å². The van der Waals surface area contributed by atoms with Crippen LogP contribution in [0.1, 0.15) is 48.7 Å². The molecule has 2 aliphatic rings. The monoisotopic (exact) mass is 743 g/mol. The minimum Gasteiger partial charge on any atom is -0.508 e. The number of phenols is 1. The molecule has 284 valence electrons. The number of aromatic hydroxyl groups is 1. The van der Waals surface area contributed by atoms with Crippen LogP contribution in [0.4, 0.5) is 5.69 Å². The first-order valence-corrected chi connectivity index (χ1v) is 18.4. The summed E-state index contributed by atoms with van der Waals surface area (Å²) in [7, 11) is 3.40. The molecule has 12 heteroatoms. The Kier molecular flexibility index (Phi) is 10.7. The Bertz CT molecular complexity index is 2260. The highest BCUT2D eigenvalue weighted by atomic mass is 16.6. The molecule has 2 N–H and O–H groups in total. The number of fused-ring (bicyclic) bond motifs is 1. The summed E-state index contributed by atoms with van der Waals surface area (Å²) in [4.78, 5) is 45.5. The zero-order chi connectivity index (χ0) is 38.8. The largest absolute Gasteiger partial charge is 0.508 e. The summed E-state index contributed by atoms with van der Waals surface area (Å²) in [5, 5.41) is 25.6. The predicted molar refractivity (Wildman–Crippen MR) is 209 cm³/mol. The molecular weight excluding hydrogens is 699 g/mol. The predicted octanol–water partition coefficient (Wildman–Crippen LogP) is 6.43. The van der Waals surface area contributed by atoms with E-state index in [4.69, 9.17) is 9.47 Å². The molecule has 0 radical (unpaired) electrons. The summed E-state index contributed by atoms with van der Waals surface area (Å²) in [6, 6.07) is 24.5. The van der Waals surface area contributed by atoms with Gasteiger partial charge in [0.1, 0.15) is 11.5 Å². The van der Waals surface area contributed by atoms with Crippen molar-refractivity contribution in [3.05, 3.63) is 134 Å². The number of nitrogens with one attached hydrogen (secondary N) is 1. The maximum Gasteiger partial charge on any atom is 0.270 e. The van der Waals surface area contributed by atoms with Crippen molar-refractivity contribution in [1.82, 2.24) is 19.7 Å². The lowest BCUT2D eigenvalue weighted by Crippen LogP contribution is -2.52. The average molecular weight is 744 g/mol. The molecule has 1 fully saturated rings. The van der Waals surface area contributed by atoms with Crippen LogP contribution < -0.4 is 10.1 Å². The van der Waals surface area contributed by atoms with E-state index in [1.54, 1.807) is 26.3 Å². The third-order valence-corrected chi connectivity index (χ3v) is 11.0. The first kappa shape index (κ1) is 37.3. The fourth-order valence-corrected chi connectivity index (χ4v) is 7.89. The number of morpholine rings is 1. The number of phenolic OH excluding ortho intramolecular Hbond substituents is 1. The zero-order valence-corrected chi connectivity index (χ0v) is 31.5. The molecule has 12 nitrogen and oxygen atoms in total. The number of carbonyl (C=O) groups excluding carboxylic acids is 2. The van der Waals surface area contributed by atoms with Gasteiger partial charge in [0.15, 0.2) is 0 Å². The van der Waals surface area contributed by atoms with Crippen LogP contribution in [0.5, 0.6) is 11.5 Å².